The summed E-state index contributed by atoms with van der Waals surface area (Å²) in [5.41, 5.74) is 0.321. The third kappa shape index (κ3) is 5.15. The van der Waals surface area contributed by atoms with Crippen molar-refractivity contribution in [2.45, 2.75) is 38.1 Å². The Bertz CT molecular complexity index is 1690. The summed E-state index contributed by atoms with van der Waals surface area (Å²) in [6.07, 6.45) is -4.49. The van der Waals surface area contributed by atoms with Gasteiger partial charge < -0.3 is 9.47 Å². The molecule has 1 fully saturated rings. The summed E-state index contributed by atoms with van der Waals surface area (Å²) in [6.45, 7) is 4.33. The van der Waals surface area contributed by atoms with Crippen molar-refractivity contribution in [2.75, 3.05) is 18.0 Å². The first kappa shape index (κ1) is 28.2. The lowest BCUT2D eigenvalue weighted by Gasteiger charge is -2.48. The molecule has 1 aliphatic rings. The average molecular weight is 568 g/mol. The van der Waals surface area contributed by atoms with Gasteiger partial charge in [0.25, 0.3) is 5.56 Å². The maximum Gasteiger partial charge on any atom is 0.416 e. The van der Waals surface area contributed by atoms with Crippen molar-refractivity contribution in [1.82, 2.24) is 14.5 Å². The highest BCUT2D eigenvalue weighted by molar-refractivity contribution is 5.89. The number of fused-ring (bicyclic) bond motifs is 1. The standard InChI is InChI=1S/C30H26F5N5O/c1-17-16-40(28-25(32)29(41)38(3)24-13-12-23(14-36)37-26(24)28)18(2)15-39(17)27(20-6-10-22(31)11-7-20)19-4-8-21(9-5-19)30(33,34)35/h4-13,17-18,27H,15-16H2,1-3H3/t17-,18+,27?/m1/s1. The molecule has 4 aromatic rings. The van der Waals surface area contributed by atoms with Gasteiger partial charge in [-0.2, -0.15) is 22.8 Å². The van der Waals surface area contributed by atoms with Gasteiger partial charge in [0.1, 0.15) is 28.8 Å². The van der Waals surface area contributed by atoms with Crippen LogP contribution >= 0.6 is 0 Å². The van der Waals surface area contributed by atoms with Gasteiger partial charge in [0.15, 0.2) is 0 Å². The van der Waals surface area contributed by atoms with Crippen LogP contribution in [0.5, 0.6) is 0 Å². The number of aryl methyl sites for hydroxylation is 1. The normalized spacial score (nSPS) is 18.9. The molecule has 0 aliphatic carbocycles. The van der Waals surface area contributed by atoms with Crippen molar-refractivity contribution < 1.29 is 22.0 Å². The summed E-state index contributed by atoms with van der Waals surface area (Å²) in [5, 5.41) is 9.40. The van der Waals surface area contributed by atoms with Gasteiger partial charge in [0, 0.05) is 32.2 Å². The fraction of sp³-hybridized carbons (Fsp3) is 0.300. The number of nitriles is 1. The highest BCUT2D eigenvalue weighted by Gasteiger charge is 2.38. The van der Waals surface area contributed by atoms with Crippen LogP contribution in [0, 0.1) is 23.0 Å². The van der Waals surface area contributed by atoms with Gasteiger partial charge in [-0.1, -0.05) is 24.3 Å². The maximum absolute atomic E-state index is 15.6. The molecule has 212 valence electrons. The molecule has 0 amide bonds. The van der Waals surface area contributed by atoms with Crippen molar-refractivity contribution in [3.05, 3.63) is 105 Å². The quantitative estimate of drug-likeness (QED) is 0.292. The lowest BCUT2D eigenvalue weighted by atomic mass is 9.92. The lowest BCUT2D eigenvalue weighted by molar-refractivity contribution is -0.137. The molecule has 41 heavy (non-hydrogen) atoms. The Morgan fingerprint density at radius 2 is 1.54 bits per heavy atom. The molecule has 2 aromatic carbocycles. The van der Waals surface area contributed by atoms with Crippen LogP contribution in [0.2, 0.25) is 0 Å². The molecule has 3 heterocycles. The van der Waals surface area contributed by atoms with Crippen molar-refractivity contribution in [1.29, 1.82) is 5.26 Å². The van der Waals surface area contributed by atoms with E-state index in [9.17, 15) is 27.6 Å². The number of rotatable bonds is 4. The van der Waals surface area contributed by atoms with Gasteiger partial charge in [-0.3, -0.25) is 9.69 Å². The van der Waals surface area contributed by atoms with Gasteiger partial charge in [0.05, 0.1) is 17.1 Å². The molecule has 0 radical (unpaired) electrons. The monoisotopic (exact) mass is 567 g/mol. The predicted molar refractivity (Wildman–Crippen MR) is 144 cm³/mol. The van der Waals surface area contributed by atoms with E-state index < -0.39 is 35.0 Å². The third-order valence-corrected chi connectivity index (χ3v) is 7.67. The van der Waals surface area contributed by atoms with E-state index in [0.29, 0.717) is 23.2 Å². The predicted octanol–water partition coefficient (Wildman–Crippen LogP) is 5.79. The minimum atomic E-state index is -4.49. The van der Waals surface area contributed by atoms with E-state index in [1.54, 1.807) is 23.1 Å². The van der Waals surface area contributed by atoms with Crippen molar-refractivity contribution >= 4 is 16.7 Å². The molecule has 1 saturated heterocycles. The number of piperazine rings is 1. The molecule has 2 aromatic heterocycles. The zero-order chi connectivity index (χ0) is 29.6. The summed E-state index contributed by atoms with van der Waals surface area (Å²) in [7, 11) is 1.44. The van der Waals surface area contributed by atoms with Crippen LogP contribution in [0.4, 0.5) is 27.6 Å². The molecule has 5 rings (SSSR count). The summed E-state index contributed by atoms with van der Waals surface area (Å²) in [4.78, 5) is 21.0. The summed E-state index contributed by atoms with van der Waals surface area (Å²) in [5.74, 6) is -1.42. The summed E-state index contributed by atoms with van der Waals surface area (Å²) in [6, 6.07) is 14.5. The van der Waals surface area contributed by atoms with Gasteiger partial charge in [-0.15, -0.1) is 0 Å². The number of nitrogens with zero attached hydrogens (tertiary/aromatic N) is 5. The topological polar surface area (TPSA) is 65.2 Å². The van der Waals surface area contributed by atoms with Crippen LogP contribution in [0.1, 0.15) is 42.3 Å². The first-order valence-corrected chi connectivity index (χ1v) is 12.9. The molecule has 0 N–H and O–H groups in total. The van der Waals surface area contributed by atoms with Crippen molar-refractivity contribution in [3.63, 3.8) is 0 Å². The molecule has 6 nitrogen and oxygen atoms in total. The molecule has 1 unspecified atom stereocenters. The minimum Gasteiger partial charge on any atom is -0.362 e. The van der Waals surface area contributed by atoms with Gasteiger partial charge in [-0.05, 0) is 61.4 Å². The molecule has 0 saturated carbocycles. The molecule has 0 bridgehead atoms. The Kier molecular flexibility index (Phi) is 7.30. The first-order chi connectivity index (χ1) is 19.4. The lowest BCUT2D eigenvalue weighted by Crippen LogP contribution is -2.58. The number of hydrogen-bond acceptors (Lipinski definition) is 5. The first-order valence-electron chi connectivity index (χ1n) is 12.9. The number of anilines is 1. The summed E-state index contributed by atoms with van der Waals surface area (Å²) < 4.78 is 70.4. The van der Waals surface area contributed by atoms with Gasteiger partial charge in [-0.25, -0.2) is 9.37 Å². The Labute approximate surface area is 232 Å². The Morgan fingerprint density at radius 3 is 2.12 bits per heavy atom. The van der Waals surface area contributed by atoms with Crippen LogP contribution in [-0.4, -0.2) is 39.6 Å². The number of benzene rings is 2. The summed E-state index contributed by atoms with van der Waals surface area (Å²) >= 11 is 0. The molecule has 3 atom stereocenters. The van der Waals surface area contributed by atoms with E-state index in [1.807, 2.05) is 19.9 Å². The second-order valence-electron chi connectivity index (χ2n) is 10.3. The van der Waals surface area contributed by atoms with Crippen LogP contribution in [-0.2, 0) is 13.2 Å². The fourth-order valence-electron chi connectivity index (χ4n) is 5.58. The zero-order valence-corrected chi connectivity index (χ0v) is 22.5. The number of hydrogen-bond donors (Lipinski definition) is 0. The Morgan fingerprint density at radius 1 is 0.927 bits per heavy atom. The number of alkyl halides is 3. The molecular formula is C30H26F5N5O. The second kappa shape index (κ2) is 10.6. The SMILES string of the molecule is C[C@@H]1CN(c2c(F)c(=O)n(C)c3ccc(C#N)nc23)[C@@H](C)CN1C(c1ccc(F)cc1)c1ccc(C(F)(F)F)cc1. The van der Waals surface area contributed by atoms with E-state index in [2.05, 4.69) is 9.88 Å². The minimum absolute atomic E-state index is 0.00654. The van der Waals surface area contributed by atoms with Gasteiger partial charge >= 0.3 is 6.18 Å². The van der Waals surface area contributed by atoms with E-state index in [1.165, 1.54) is 37.4 Å². The maximum atomic E-state index is 15.6. The van der Waals surface area contributed by atoms with Crippen LogP contribution < -0.4 is 10.5 Å². The Balaban J connectivity index is 1.57. The number of pyridine rings is 2. The van der Waals surface area contributed by atoms with Crippen LogP contribution in [0.25, 0.3) is 11.0 Å². The van der Waals surface area contributed by atoms with Crippen molar-refractivity contribution in [2.24, 2.45) is 7.05 Å². The molecule has 11 heteroatoms. The van der Waals surface area contributed by atoms with E-state index in [0.717, 1.165) is 16.7 Å². The van der Waals surface area contributed by atoms with Gasteiger partial charge in [0.2, 0.25) is 5.82 Å². The molecule has 0 spiro atoms. The largest absolute Gasteiger partial charge is 0.416 e. The fourth-order valence-corrected chi connectivity index (χ4v) is 5.58. The van der Waals surface area contributed by atoms with Crippen LogP contribution in [0.3, 0.4) is 0 Å². The Hall–Kier alpha value is -4.30. The van der Waals surface area contributed by atoms with E-state index in [4.69, 9.17) is 0 Å². The molecule has 1 aliphatic heterocycles. The third-order valence-electron chi connectivity index (χ3n) is 7.67. The number of halogens is 5. The van der Waals surface area contributed by atoms with Crippen molar-refractivity contribution in [3.8, 4) is 6.07 Å². The molecular weight excluding hydrogens is 541 g/mol. The van der Waals surface area contributed by atoms with Crippen LogP contribution in [0.15, 0.2) is 65.5 Å². The number of aromatic nitrogens is 2. The highest BCUT2D eigenvalue weighted by Crippen LogP contribution is 2.38. The van der Waals surface area contributed by atoms with E-state index >= 15 is 4.39 Å². The van der Waals surface area contributed by atoms with E-state index in [-0.39, 0.29) is 35.5 Å². The smallest absolute Gasteiger partial charge is 0.362 e. The second-order valence-corrected chi connectivity index (χ2v) is 10.3. The average Bonchev–Trinajstić information content (AvgIpc) is 2.95. The zero-order valence-electron chi connectivity index (χ0n) is 22.5. The highest BCUT2D eigenvalue weighted by atomic mass is 19.4.